The first-order valence-electron chi connectivity index (χ1n) is 10.0. The quantitative estimate of drug-likeness (QED) is 0.883. The van der Waals surface area contributed by atoms with Gasteiger partial charge in [-0.2, -0.15) is 0 Å². The van der Waals surface area contributed by atoms with Crippen LogP contribution in [0.25, 0.3) is 0 Å². The van der Waals surface area contributed by atoms with E-state index in [0.29, 0.717) is 18.5 Å². The third kappa shape index (κ3) is 2.70. The van der Waals surface area contributed by atoms with Crippen molar-refractivity contribution in [3.63, 3.8) is 0 Å². The van der Waals surface area contributed by atoms with Crippen LogP contribution in [-0.2, 0) is 10.2 Å². The molecule has 2 atom stereocenters. The number of fused-ring (bicyclic) bond motifs is 2. The molecular formula is C22H26N4O2. The van der Waals surface area contributed by atoms with Gasteiger partial charge in [0.1, 0.15) is 5.82 Å². The number of rotatable bonds is 4. The lowest BCUT2D eigenvalue weighted by Crippen LogP contribution is -2.48. The number of hydrogen-bond donors (Lipinski definition) is 1. The predicted octanol–water partition coefficient (Wildman–Crippen LogP) is 3.50. The molecule has 0 unspecified atom stereocenters. The fraction of sp³-hybridized carbons (Fsp3) is 0.455. The minimum atomic E-state index is -0.666. The molecule has 1 aromatic carbocycles. The van der Waals surface area contributed by atoms with E-state index in [2.05, 4.69) is 22.2 Å². The van der Waals surface area contributed by atoms with Crippen molar-refractivity contribution in [2.45, 2.75) is 57.4 Å². The van der Waals surface area contributed by atoms with Crippen LogP contribution in [0.2, 0.25) is 0 Å². The van der Waals surface area contributed by atoms with Crippen LogP contribution in [-0.4, -0.2) is 39.3 Å². The highest BCUT2D eigenvalue weighted by Gasteiger charge is 2.58. The maximum absolute atomic E-state index is 13.3. The van der Waals surface area contributed by atoms with E-state index < -0.39 is 5.41 Å². The monoisotopic (exact) mass is 378 g/mol. The Hall–Kier alpha value is -2.76. The summed E-state index contributed by atoms with van der Waals surface area (Å²) in [6, 6.07) is 7.68. The van der Waals surface area contributed by atoms with Crippen LogP contribution in [0.15, 0.2) is 36.7 Å². The van der Waals surface area contributed by atoms with Gasteiger partial charge in [-0.1, -0.05) is 45.4 Å². The second-order valence-corrected chi connectivity index (χ2v) is 8.01. The first kappa shape index (κ1) is 18.6. The van der Waals surface area contributed by atoms with Crippen molar-refractivity contribution in [2.75, 3.05) is 11.9 Å². The van der Waals surface area contributed by atoms with Gasteiger partial charge in [0.05, 0.1) is 17.0 Å². The lowest BCUT2D eigenvalue weighted by Gasteiger charge is -2.34. The van der Waals surface area contributed by atoms with Crippen molar-refractivity contribution in [3.05, 3.63) is 53.6 Å². The summed E-state index contributed by atoms with van der Waals surface area (Å²) in [5.74, 6) is 0.853. The molecule has 2 amide bonds. The van der Waals surface area contributed by atoms with Gasteiger partial charge in [0.2, 0.25) is 5.91 Å². The standard InChI is InChI=1S/C22H26N4O2/c1-4-7-18-22(16-8-5-6-9-17(16)25-21(22)28)10-11-26(18)20(27)15-12-23-19(14(2)3)24-13-15/h5-6,8-9,12-14,18H,4,7,10-11H2,1-3H3,(H,25,28)/t18-,22-/m0/s1. The minimum Gasteiger partial charge on any atom is -0.334 e. The normalized spacial score (nSPS) is 23.4. The van der Waals surface area contributed by atoms with Crippen LogP contribution in [0.1, 0.15) is 67.7 Å². The average molecular weight is 378 g/mol. The molecule has 1 fully saturated rings. The van der Waals surface area contributed by atoms with Gasteiger partial charge >= 0.3 is 0 Å². The molecule has 1 saturated heterocycles. The van der Waals surface area contributed by atoms with Gasteiger partial charge in [-0.15, -0.1) is 0 Å². The van der Waals surface area contributed by atoms with E-state index in [0.717, 1.165) is 29.9 Å². The molecule has 1 N–H and O–H groups in total. The van der Waals surface area contributed by atoms with Gasteiger partial charge in [0.25, 0.3) is 5.91 Å². The molecular weight excluding hydrogens is 352 g/mol. The van der Waals surface area contributed by atoms with E-state index in [-0.39, 0.29) is 23.8 Å². The molecule has 4 rings (SSSR count). The summed E-state index contributed by atoms with van der Waals surface area (Å²) in [5.41, 5.74) is 1.70. The molecule has 0 bridgehead atoms. The largest absolute Gasteiger partial charge is 0.334 e. The van der Waals surface area contributed by atoms with Gasteiger partial charge in [0.15, 0.2) is 0 Å². The Bertz CT molecular complexity index is 909. The van der Waals surface area contributed by atoms with Crippen molar-refractivity contribution in [1.82, 2.24) is 14.9 Å². The molecule has 2 aliphatic heterocycles. The van der Waals surface area contributed by atoms with E-state index >= 15 is 0 Å². The van der Waals surface area contributed by atoms with E-state index in [1.807, 2.05) is 43.0 Å². The van der Waals surface area contributed by atoms with Crippen LogP contribution in [0, 0.1) is 0 Å². The number of hydrogen-bond acceptors (Lipinski definition) is 4. The smallest absolute Gasteiger partial charge is 0.257 e. The zero-order valence-electron chi connectivity index (χ0n) is 16.6. The van der Waals surface area contributed by atoms with Crippen LogP contribution < -0.4 is 5.32 Å². The molecule has 28 heavy (non-hydrogen) atoms. The Balaban J connectivity index is 1.70. The SMILES string of the molecule is CCC[C@@H]1N(C(=O)c2cnc(C(C)C)nc2)CC[C@@]12C(=O)Nc1ccccc12. The number of benzene rings is 1. The van der Waals surface area contributed by atoms with Crippen LogP contribution in [0.3, 0.4) is 0 Å². The van der Waals surface area contributed by atoms with E-state index in [1.54, 1.807) is 12.4 Å². The summed E-state index contributed by atoms with van der Waals surface area (Å²) >= 11 is 0. The third-order valence-corrected chi connectivity index (χ3v) is 6.01. The van der Waals surface area contributed by atoms with Gasteiger partial charge in [-0.05, 0) is 24.5 Å². The molecule has 3 heterocycles. The number of aromatic nitrogens is 2. The van der Waals surface area contributed by atoms with Crippen molar-refractivity contribution in [3.8, 4) is 0 Å². The molecule has 0 saturated carbocycles. The highest BCUT2D eigenvalue weighted by molar-refractivity contribution is 6.08. The fourth-order valence-corrected chi connectivity index (χ4v) is 4.63. The number of nitrogens with zero attached hydrogens (tertiary/aromatic N) is 3. The lowest BCUT2D eigenvalue weighted by atomic mass is 9.73. The first-order valence-corrected chi connectivity index (χ1v) is 10.0. The van der Waals surface area contributed by atoms with Gasteiger partial charge in [-0.25, -0.2) is 9.97 Å². The van der Waals surface area contributed by atoms with Crippen molar-refractivity contribution >= 4 is 17.5 Å². The van der Waals surface area contributed by atoms with Crippen molar-refractivity contribution < 1.29 is 9.59 Å². The van der Waals surface area contributed by atoms with Gasteiger partial charge < -0.3 is 10.2 Å². The van der Waals surface area contributed by atoms with Gasteiger partial charge in [-0.3, -0.25) is 9.59 Å². The number of anilines is 1. The highest BCUT2D eigenvalue weighted by Crippen LogP contribution is 2.49. The summed E-state index contributed by atoms with van der Waals surface area (Å²) in [7, 11) is 0. The molecule has 1 aromatic heterocycles. The van der Waals surface area contributed by atoms with E-state index in [1.165, 1.54) is 0 Å². The molecule has 2 aromatic rings. The number of likely N-dealkylation sites (tertiary alicyclic amines) is 1. The number of para-hydroxylation sites is 1. The lowest BCUT2D eigenvalue weighted by molar-refractivity contribution is -0.121. The van der Waals surface area contributed by atoms with E-state index in [4.69, 9.17) is 0 Å². The second kappa shape index (κ2) is 7.00. The highest BCUT2D eigenvalue weighted by atomic mass is 16.2. The number of nitrogens with one attached hydrogen (secondary N) is 1. The maximum Gasteiger partial charge on any atom is 0.257 e. The first-order chi connectivity index (χ1) is 13.5. The summed E-state index contributed by atoms with van der Waals surface area (Å²) in [4.78, 5) is 36.9. The summed E-state index contributed by atoms with van der Waals surface area (Å²) < 4.78 is 0. The summed E-state index contributed by atoms with van der Waals surface area (Å²) in [6.07, 6.45) is 5.53. The van der Waals surface area contributed by atoms with Crippen LogP contribution in [0.5, 0.6) is 0 Å². The molecule has 6 nitrogen and oxygen atoms in total. The topological polar surface area (TPSA) is 75.2 Å². The zero-order chi connectivity index (χ0) is 19.9. The Kier molecular flexibility index (Phi) is 4.65. The molecule has 0 radical (unpaired) electrons. The number of amides is 2. The fourth-order valence-electron chi connectivity index (χ4n) is 4.63. The maximum atomic E-state index is 13.3. The Morgan fingerprint density at radius 2 is 2.00 bits per heavy atom. The Morgan fingerprint density at radius 3 is 2.68 bits per heavy atom. The van der Waals surface area contributed by atoms with Crippen LogP contribution >= 0.6 is 0 Å². The van der Waals surface area contributed by atoms with Crippen molar-refractivity contribution in [2.24, 2.45) is 0 Å². The summed E-state index contributed by atoms with van der Waals surface area (Å²) in [5, 5.41) is 3.04. The number of carbonyl (C=O) groups excluding carboxylic acids is 2. The predicted molar refractivity (Wildman–Crippen MR) is 107 cm³/mol. The molecule has 1 spiro atoms. The zero-order valence-corrected chi connectivity index (χ0v) is 16.6. The molecule has 0 aliphatic carbocycles. The molecule has 2 aliphatic rings. The van der Waals surface area contributed by atoms with Gasteiger partial charge in [0, 0.05) is 30.5 Å². The Morgan fingerprint density at radius 1 is 1.29 bits per heavy atom. The third-order valence-electron chi connectivity index (χ3n) is 6.01. The van der Waals surface area contributed by atoms with Crippen molar-refractivity contribution in [1.29, 1.82) is 0 Å². The van der Waals surface area contributed by atoms with Crippen LogP contribution in [0.4, 0.5) is 5.69 Å². The average Bonchev–Trinajstić information content (AvgIpc) is 3.21. The Labute approximate surface area is 165 Å². The minimum absolute atomic E-state index is 0.00820. The molecule has 146 valence electrons. The number of carbonyl (C=O) groups is 2. The van der Waals surface area contributed by atoms with E-state index in [9.17, 15) is 9.59 Å². The summed E-state index contributed by atoms with van der Waals surface area (Å²) in [6.45, 7) is 6.69. The molecule has 6 heteroatoms. The second-order valence-electron chi connectivity index (χ2n) is 8.01.